The van der Waals surface area contributed by atoms with E-state index < -0.39 is 12.2 Å². The van der Waals surface area contributed by atoms with Gasteiger partial charge in [-0.2, -0.15) is 0 Å². The molecule has 0 aliphatic rings. The maximum atomic E-state index is 9.49. The number of rotatable bonds is 8. The molecule has 0 bridgehead atoms. The second-order valence-corrected chi connectivity index (χ2v) is 4.02. The minimum atomic E-state index is -0.863. The Labute approximate surface area is 116 Å². The molecule has 0 aromatic heterocycles. The number of unbranched alkanes of at least 4 members (excludes halogenated alkanes) is 4. The van der Waals surface area contributed by atoms with E-state index in [2.05, 4.69) is 36.8 Å². The lowest BCUT2D eigenvalue weighted by Crippen LogP contribution is -1.97. The predicted molar refractivity (Wildman–Crippen MR) is 80.2 cm³/mol. The van der Waals surface area contributed by atoms with Crippen LogP contribution in [0.1, 0.15) is 32.1 Å². The van der Waals surface area contributed by atoms with Crippen LogP contribution in [-0.2, 0) is 0 Å². The van der Waals surface area contributed by atoms with E-state index >= 15 is 0 Å². The summed E-state index contributed by atoms with van der Waals surface area (Å²) in [6, 6.07) is 0. The third-order valence-corrected chi connectivity index (χ3v) is 2.32. The number of allylic oxidation sites excluding steroid dienone is 2. The van der Waals surface area contributed by atoms with E-state index in [1.165, 1.54) is 18.9 Å². The Bertz CT molecular complexity index is 398. The van der Waals surface area contributed by atoms with Crippen molar-refractivity contribution in [3.05, 3.63) is 37.5 Å². The summed E-state index contributed by atoms with van der Waals surface area (Å²) in [7, 11) is 0. The summed E-state index contributed by atoms with van der Waals surface area (Å²) in [4.78, 5) is 0. The highest BCUT2D eigenvalue weighted by Crippen LogP contribution is 2.04. The minimum absolute atomic E-state index is 0.802. The summed E-state index contributed by atoms with van der Waals surface area (Å²) in [5.41, 5.74) is 0. The van der Waals surface area contributed by atoms with Crippen molar-refractivity contribution in [3.8, 4) is 23.7 Å². The lowest BCUT2D eigenvalue weighted by Gasteiger charge is -1.96. The van der Waals surface area contributed by atoms with Crippen molar-refractivity contribution >= 4 is 0 Å². The van der Waals surface area contributed by atoms with Gasteiger partial charge in [-0.05, 0) is 43.6 Å². The Kier molecular flexibility index (Phi) is 11.5. The molecule has 0 saturated carbocycles. The quantitative estimate of drug-likeness (QED) is 0.399. The van der Waals surface area contributed by atoms with Crippen molar-refractivity contribution in [3.63, 3.8) is 0 Å². The molecule has 2 heteroatoms. The van der Waals surface area contributed by atoms with Crippen molar-refractivity contribution in [2.24, 2.45) is 0 Å². The Hall–Kier alpha value is -1.74. The highest BCUT2D eigenvalue weighted by Gasteiger charge is 1.90. The molecule has 2 atom stereocenters. The van der Waals surface area contributed by atoms with E-state index in [1.807, 2.05) is 12.2 Å². The van der Waals surface area contributed by atoms with Gasteiger partial charge < -0.3 is 10.2 Å². The van der Waals surface area contributed by atoms with Crippen molar-refractivity contribution in [1.29, 1.82) is 0 Å². The fraction of sp³-hybridized carbons (Fsp3) is 0.412. The normalized spacial score (nSPS) is 12.7. The number of hydrogen-bond donors (Lipinski definition) is 2. The van der Waals surface area contributed by atoms with Gasteiger partial charge >= 0.3 is 0 Å². The molecule has 102 valence electrons. The Morgan fingerprint density at radius 1 is 0.895 bits per heavy atom. The zero-order chi connectivity index (χ0) is 14.3. The van der Waals surface area contributed by atoms with E-state index in [0.29, 0.717) is 0 Å². The molecule has 0 aliphatic carbocycles. The molecule has 2 N–H and O–H groups in total. The van der Waals surface area contributed by atoms with Crippen molar-refractivity contribution in [1.82, 2.24) is 0 Å². The van der Waals surface area contributed by atoms with Crippen molar-refractivity contribution in [2.45, 2.75) is 44.3 Å². The van der Waals surface area contributed by atoms with E-state index in [-0.39, 0.29) is 0 Å². The van der Waals surface area contributed by atoms with Crippen LogP contribution in [0.5, 0.6) is 0 Å². The first-order valence-corrected chi connectivity index (χ1v) is 6.48. The highest BCUT2D eigenvalue weighted by molar-refractivity contribution is 5.31. The third kappa shape index (κ3) is 12.5. The van der Waals surface area contributed by atoms with Gasteiger partial charge in [-0.25, -0.2) is 0 Å². The zero-order valence-corrected chi connectivity index (χ0v) is 11.3. The lowest BCUT2D eigenvalue weighted by atomic mass is 10.1. The summed E-state index contributed by atoms with van der Waals surface area (Å²) in [5, 5.41) is 18.5. The molecule has 0 aliphatic heterocycles. The predicted octanol–water partition coefficient (Wildman–Crippen LogP) is 2.59. The summed E-state index contributed by atoms with van der Waals surface area (Å²) in [5.74, 6) is 9.96. The first-order valence-electron chi connectivity index (χ1n) is 6.48. The average Bonchev–Trinajstić information content (AvgIpc) is 2.42. The summed E-state index contributed by atoms with van der Waals surface area (Å²) in [6.07, 6.45) is 10.6. The van der Waals surface area contributed by atoms with E-state index in [0.717, 1.165) is 19.3 Å². The van der Waals surface area contributed by atoms with E-state index in [4.69, 9.17) is 5.11 Å². The highest BCUT2D eigenvalue weighted by atomic mass is 16.3. The molecule has 0 radical (unpaired) electrons. The molecule has 0 unspecified atom stereocenters. The van der Waals surface area contributed by atoms with Crippen LogP contribution >= 0.6 is 0 Å². The van der Waals surface area contributed by atoms with Gasteiger partial charge in [0.1, 0.15) is 12.2 Å². The molecule has 19 heavy (non-hydrogen) atoms. The maximum absolute atomic E-state index is 9.49. The molecule has 0 aromatic rings. The number of hydrogen-bond acceptors (Lipinski definition) is 2. The van der Waals surface area contributed by atoms with Crippen LogP contribution < -0.4 is 0 Å². The monoisotopic (exact) mass is 258 g/mol. The molecule has 2 nitrogen and oxygen atoms in total. The first-order chi connectivity index (χ1) is 9.20. The number of aliphatic hydroxyl groups excluding tert-OH is 2. The molecular weight excluding hydrogens is 236 g/mol. The Balaban J connectivity index is 3.80. The van der Waals surface area contributed by atoms with E-state index in [1.54, 1.807) is 6.08 Å². The van der Waals surface area contributed by atoms with Crippen LogP contribution in [0, 0.1) is 23.7 Å². The van der Waals surface area contributed by atoms with Crippen molar-refractivity contribution < 1.29 is 10.2 Å². The van der Waals surface area contributed by atoms with Gasteiger partial charge in [0.15, 0.2) is 0 Å². The van der Waals surface area contributed by atoms with E-state index in [9.17, 15) is 5.11 Å². The molecule has 0 fully saturated rings. The molecular formula is C17H22O2. The summed E-state index contributed by atoms with van der Waals surface area (Å²) < 4.78 is 0. The van der Waals surface area contributed by atoms with Crippen LogP contribution in [-0.4, -0.2) is 22.4 Å². The van der Waals surface area contributed by atoms with Crippen LogP contribution in [0.4, 0.5) is 0 Å². The van der Waals surface area contributed by atoms with Gasteiger partial charge in [0.05, 0.1) is 0 Å². The average molecular weight is 258 g/mol. The summed E-state index contributed by atoms with van der Waals surface area (Å²) in [6.45, 7) is 7.06. The largest absolute Gasteiger partial charge is 0.377 e. The smallest absolute Gasteiger partial charge is 0.134 e. The van der Waals surface area contributed by atoms with Gasteiger partial charge in [0.2, 0.25) is 0 Å². The molecule has 0 spiro atoms. The Morgan fingerprint density at radius 3 is 2.16 bits per heavy atom. The minimum Gasteiger partial charge on any atom is -0.377 e. The lowest BCUT2D eigenvalue weighted by molar-refractivity contribution is 0.280. The second-order valence-electron chi connectivity index (χ2n) is 4.02. The molecule has 0 heterocycles. The van der Waals surface area contributed by atoms with Crippen LogP contribution in [0.15, 0.2) is 37.5 Å². The van der Waals surface area contributed by atoms with Gasteiger partial charge in [-0.15, -0.1) is 6.58 Å². The second kappa shape index (κ2) is 12.7. The standard InChI is InChI=1S/C17H22O2/c1-3-5-6-7-8-9-10-14-17(19)15-12-11-13-16(18)4-2/h3-4,10,14,16-19H,1-2,5-9H2/b14-10-/t16-,17-/m0/s1. The zero-order valence-electron chi connectivity index (χ0n) is 11.3. The van der Waals surface area contributed by atoms with Crippen LogP contribution in [0.2, 0.25) is 0 Å². The van der Waals surface area contributed by atoms with Crippen LogP contribution in [0.25, 0.3) is 0 Å². The van der Waals surface area contributed by atoms with Gasteiger partial charge in [0, 0.05) is 0 Å². The molecule has 0 saturated heterocycles. The SMILES string of the molecule is C=CCCCCC/C=C\[C@H](O)C#CC#C[C@@H](O)C=C. The third-order valence-electron chi connectivity index (χ3n) is 2.32. The molecule has 0 rings (SSSR count). The Morgan fingerprint density at radius 2 is 1.53 bits per heavy atom. The molecule has 0 aromatic carbocycles. The van der Waals surface area contributed by atoms with Gasteiger partial charge in [-0.1, -0.05) is 43.1 Å². The van der Waals surface area contributed by atoms with Crippen LogP contribution in [0.3, 0.4) is 0 Å². The fourth-order valence-corrected chi connectivity index (χ4v) is 1.28. The van der Waals surface area contributed by atoms with Gasteiger partial charge in [0.25, 0.3) is 0 Å². The summed E-state index contributed by atoms with van der Waals surface area (Å²) >= 11 is 0. The van der Waals surface area contributed by atoms with Gasteiger partial charge in [-0.3, -0.25) is 0 Å². The fourth-order valence-electron chi connectivity index (χ4n) is 1.28. The number of aliphatic hydroxyl groups is 2. The first kappa shape index (κ1) is 17.3. The molecule has 0 amide bonds. The van der Waals surface area contributed by atoms with Crippen molar-refractivity contribution in [2.75, 3.05) is 0 Å². The topological polar surface area (TPSA) is 40.5 Å². The maximum Gasteiger partial charge on any atom is 0.134 e.